The molecule has 2 aliphatic heterocycles. The van der Waals surface area contributed by atoms with Crippen molar-refractivity contribution in [3.8, 4) is 5.75 Å². The van der Waals surface area contributed by atoms with Gasteiger partial charge in [-0.05, 0) is 43.9 Å². The third-order valence-electron chi connectivity index (χ3n) is 5.99. The maximum Gasteiger partial charge on any atom is 0.227 e. The summed E-state index contributed by atoms with van der Waals surface area (Å²) in [5.41, 5.74) is 3.08. The Kier molecular flexibility index (Phi) is 6.06. The van der Waals surface area contributed by atoms with E-state index in [1.54, 1.807) is 7.11 Å². The number of rotatable bonds is 5. The molecule has 2 fully saturated rings. The first-order chi connectivity index (χ1) is 14.5. The lowest BCUT2D eigenvalue weighted by atomic mass is 10.1. The molecule has 4 rings (SSSR count). The Labute approximate surface area is 178 Å². The molecule has 0 aliphatic carbocycles. The second kappa shape index (κ2) is 8.90. The highest BCUT2D eigenvalue weighted by Crippen LogP contribution is 2.22. The van der Waals surface area contributed by atoms with Crippen LogP contribution in [0.1, 0.15) is 29.7 Å². The van der Waals surface area contributed by atoms with Crippen LogP contribution < -0.4 is 14.5 Å². The molecule has 1 amide bonds. The molecule has 0 spiro atoms. The number of amides is 1. The molecule has 7 nitrogen and oxygen atoms in total. The van der Waals surface area contributed by atoms with Gasteiger partial charge < -0.3 is 19.4 Å². The molecule has 2 aromatic rings. The van der Waals surface area contributed by atoms with Gasteiger partial charge in [0.15, 0.2) is 0 Å². The highest BCUT2D eigenvalue weighted by Gasteiger charge is 2.24. The van der Waals surface area contributed by atoms with Crippen molar-refractivity contribution in [3.63, 3.8) is 0 Å². The van der Waals surface area contributed by atoms with Crippen LogP contribution in [0.15, 0.2) is 24.3 Å². The lowest BCUT2D eigenvalue weighted by molar-refractivity contribution is -0.130. The van der Waals surface area contributed by atoms with Crippen LogP contribution in [0, 0.1) is 13.8 Å². The molecule has 3 heterocycles. The molecule has 0 unspecified atom stereocenters. The van der Waals surface area contributed by atoms with Crippen molar-refractivity contribution in [1.82, 2.24) is 14.9 Å². The third-order valence-corrected chi connectivity index (χ3v) is 5.99. The lowest BCUT2D eigenvalue weighted by Gasteiger charge is -2.36. The fraction of sp³-hybridized carbons (Fsp3) is 0.522. The van der Waals surface area contributed by atoms with Crippen molar-refractivity contribution in [2.24, 2.45) is 0 Å². The highest BCUT2D eigenvalue weighted by atomic mass is 16.5. The fourth-order valence-corrected chi connectivity index (χ4v) is 4.28. The molecule has 30 heavy (non-hydrogen) atoms. The largest absolute Gasteiger partial charge is 0.496 e. The Balaban J connectivity index is 1.36. The van der Waals surface area contributed by atoms with Crippen molar-refractivity contribution in [3.05, 3.63) is 41.1 Å². The van der Waals surface area contributed by atoms with Crippen LogP contribution >= 0.6 is 0 Å². The summed E-state index contributed by atoms with van der Waals surface area (Å²) in [6.07, 6.45) is 2.85. The van der Waals surface area contributed by atoms with Crippen molar-refractivity contribution in [1.29, 1.82) is 0 Å². The van der Waals surface area contributed by atoms with Gasteiger partial charge in [0.2, 0.25) is 11.9 Å². The van der Waals surface area contributed by atoms with Gasteiger partial charge in [-0.3, -0.25) is 4.79 Å². The summed E-state index contributed by atoms with van der Waals surface area (Å²) in [6, 6.07) is 8.00. The van der Waals surface area contributed by atoms with E-state index >= 15 is 0 Å². The molecule has 0 N–H and O–H groups in total. The van der Waals surface area contributed by atoms with Crippen LogP contribution in [0.5, 0.6) is 5.75 Å². The first kappa shape index (κ1) is 20.4. The Morgan fingerprint density at radius 2 is 1.70 bits per heavy atom. The smallest absolute Gasteiger partial charge is 0.227 e. The number of ether oxygens (including phenoxy) is 1. The van der Waals surface area contributed by atoms with E-state index in [9.17, 15) is 4.79 Å². The molecule has 7 heteroatoms. The van der Waals surface area contributed by atoms with Crippen LogP contribution in [0.25, 0.3) is 0 Å². The van der Waals surface area contributed by atoms with Crippen LogP contribution in [-0.2, 0) is 11.2 Å². The van der Waals surface area contributed by atoms with Gasteiger partial charge in [0.25, 0.3) is 0 Å². The molecule has 1 aromatic carbocycles. The average Bonchev–Trinajstić information content (AvgIpc) is 3.29. The van der Waals surface area contributed by atoms with Crippen LogP contribution in [0.3, 0.4) is 0 Å². The molecule has 0 bridgehead atoms. The number of aryl methyl sites for hydroxylation is 2. The SMILES string of the molecule is COc1ccc(CC(=O)N2CCN(c3cc(C)nc(N4CCCC4)n3)CC2)cc1C. The first-order valence-corrected chi connectivity index (χ1v) is 10.8. The topological polar surface area (TPSA) is 61.8 Å². The highest BCUT2D eigenvalue weighted by molar-refractivity contribution is 5.79. The molecule has 1 aromatic heterocycles. The number of carbonyl (C=O) groups excluding carboxylic acids is 1. The molecule has 0 radical (unpaired) electrons. The van der Waals surface area contributed by atoms with Gasteiger partial charge in [0.1, 0.15) is 11.6 Å². The molecule has 0 saturated carbocycles. The summed E-state index contributed by atoms with van der Waals surface area (Å²) in [5.74, 6) is 2.85. The normalized spacial score (nSPS) is 16.8. The van der Waals surface area contributed by atoms with Gasteiger partial charge in [0, 0.05) is 51.0 Å². The maximum atomic E-state index is 12.8. The number of hydrogen-bond donors (Lipinski definition) is 0. The number of aromatic nitrogens is 2. The summed E-state index contributed by atoms with van der Waals surface area (Å²) in [6.45, 7) is 9.14. The van der Waals surface area contributed by atoms with Gasteiger partial charge in [0.05, 0.1) is 13.5 Å². The summed E-state index contributed by atoms with van der Waals surface area (Å²) in [7, 11) is 1.67. The number of benzene rings is 1. The summed E-state index contributed by atoms with van der Waals surface area (Å²) < 4.78 is 5.31. The van der Waals surface area contributed by atoms with E-state index in [0.717, 1.165) is 73.6 Å². The van der Waals surface area contributed by atoms with Crippen LogP contribution in [-0.4, -0.2) is 67.2 Å². The van der Waals surface area contributed by atoms with Gasteiger partial charge in [-0.2, -0.15) is 4.98 Å². The standard InChI is InChI=1S/C23H31N5O2/c1-17-14-19(6-7-20(17)30-3)16-22(29)27-12-10-26(11-13-27)21-15-18(2)24-23(25-21)28-8-4-5-9-28/h6-7,14-15H,4-5,8-13,16H2,1-3H3. The third kappa shape index (κ3) is 4.50. The maximum absolute atomic E-state index is 12.8. The van der Waals surface area contributed by atoms with Gasteiger partial charge in [-0.15, -0.1) is 0 Å². The fourth-order valence-electron chi connectivity index (χ4n) is 4.28. The summed E-state index contributed by atoms with van der Waals surface area (Å²) in [4.78, 5) is 28.8. The van der Waals surface area contributed by atoms with E-state index < -0.39 is 0 Å². The lowest BCUT2D eigenvalue weighted by Crippen LogP contribution is -2.49. The zero-order valence-electron chi connectivity index (χ0n) is 18.2. The second-order valence-corrected chi connectivity index (χ2v) is 8.21. The van der Waals surface area contributed by atoms with E-state index in [0.29, 0.717) is 6.42 Å². The van der Waals surface area contributed by atoms with Crippen molar-refractivity contribution in [2.45, 2.75) is 33.1 Å². The quantitative estimate of drug-likeness (QED) is 0.757. The molecule has 2 aliphatic rings. The zero-order chi connectivity index (χ0) is 21.1. The van der Waals surface area contributed by atoms with Crippen LogP contribution in [0.2, 0.25) is 0 Å². The molecule has 160 valence electrons. The summed E-state index contributed by atoms with van der Waals surface area (Å²) in [5, 5.41) is 0. The minimum atomic E-state index is 0.177. The van der Waals surface area contributed by atoms with Gasteiger partial charge in [-0.1, -0.05) is 12.1 Å². The Morgan fingerprint density at radius 3 is 2.37 bits per heavy atom. The summed E-state index contributed by atoms with van der Waals surface area (Å²) >= 11 is 0. The van der Waals surface area contributed by atoms with Crippen LogP contribution in [0.4, 0.5) is 11.8 Å². The number of anilines is 2. The zero-order valence-corrected chi connectivity index (χ0v) is 18.2. The Hall–Kier alpha value is -2.83. The Morgan fingerprint density at radius 1 is 0.967 bits per heavy atom. The van der Waals surface area contributed by atoms with E-state index in [2.05, 4.69) is 20.9 Å². The number of piperazine rings is 1. The minimum Gasteiger partial charge on any atom is -0.496 e. The number of methoxy groups -OCH3 is 1. The van der Waals surface area contributed by atoms with Crippen molar-refractivity contribution < 1.29 is 9.53 Å². The van der Waals surface area contributed by atoms with E-state index in [1.807, 2.05) is 36.9 Å². The minimum absolute atomic E-state index is 0.177. The Bertz CT molecular complexity index is 902. The van der Waals surface area contributed by atoms with Crippen molar-refractivity contribution >= 4 is 17.7 Å². The molecular formula is C23H31N5O2. The number of carbonyl (C=O) groups is 1. The van der Waals surface area contributed by atoms with Gasteiger partial charge >= 0.3 is 0 Å². The van der Waals surface area contributed by atoms with E-state index in [-0.39, 0.29) is 5.91 Å². The average molecular weight is 410 g/mol. The van der Waals surface area contributed by atoms with E-state index in [1.165, 1.54) is 12.8 Å². The monoisotopic (exact) mass is 409 g/mol. The van der Waals surface area contributed by atoms with Gasteiger partial charge in [-0.25, -0.2) is 4.98 Å². The predicted octanol–water partition coefficient (Wildman–Crippen LogP) is 2.59. The molecule has 2 saturated heterocycles. The van der Waals surface area contributed by atoms with E-state index in [4.69, 9.17) is 9.72 Å². The molecule has 0 atom stereocenters. The second-order valence-electron chi connectivity index (χ2n) is 8.21. The molecular weight excluding hydrogens is 378 g/mol. The first-order valence-electron chi connectivity index (χ1n) is 10.8. The van der Waals surface area contributed by atoms with Crippen molar-refractivity contribution in [2.75, 3.05) is 56.2 Å². The number of hydrogen-bond acceptors (Lipinski definition) is 6. The predicted molar refractivity (Wildman–Crippen MR) is 118 cm³/mol. The number of nitrogens with zero attached hydrogens (tertiary/aromatic N) is 5.